The van der Waals surface area contributed by atoms with Gasteiger partial charge in [0.05, 0.1) is 5.41 Å². The maximum atomic E-state index is 13.1. The molecule has 1 unspecified atom stereocenters. The zero-order valence-corrected chi connectivity index (χ0v) is 16.0. The van der Waals surface area contributed by atoms with Crippen LogP contribution < -0.4 is 0 Å². The molecule has 6 nitrogen and oxygen atoms in total. The molecule has 0 radical (unpaired) electrons. The Morgan fingerprint density at radius 1 is 1.31 bits per heavy atom. The Morgan fingerprint density at radius 2 is 2.12 bits per heavy atom. The first-order valence-electron chi connectivity index (χ1n) is 9.11. The molecule has 26 heavy (non-hydrogen) atoms. The van der Waals surface area contributed by atoms with Crippen LogP contribution in [0.2, 0.25) is 0 Å². The van der Waals surface area contributed by atoms with E-state index < -0.39 is 0 Å². The summed E-state index contributed by atoms with van der Waals surface area (Å²) in [7, 11) is 1.69. The third-order valence-electron chi connectivity index (χ3n) is 5.40. The highest BCUT2D eigenvalue weighted by Gasteiger charge is 2.42. The van der Waals surface area contributed by atoms with Crippen LogP contribution in [0.15, 0.2) is 22.7 Å². The van der Waals surface area contributed by atoms with Crippen molar-refractivity contribution >= 4 is 5.91 Å². The topological polar surface area (TPSA) is 68.5 Å². The maximum absolute atomic E-state index is 13.1. The first-order valence-corrected chi connectivity index (χ1v) is 9.11. The summed E-state index contributed by atoms with van der Waals surface area (Å²) in [6, 6.07) is 5.89. The third kappa shape index (κ3) is 3.65. The van der Waals surface area contributed by atoms with Crippen molar-refractivity contribution in [3.05, 3.63) is 46.6 Å². The fourth-order valence-corrected chi connectivity index (χ4v) is 3.67. The molecule has 6 heteroatoms. The van der Waals surface area contributed by atoms with Gasteiger partial charge in [0, 0.05) is 39.3 Å². The molecule has 0 bridgehead atoms. The third-order valence-corrected chi connectivity index (χ3v) is 5.40. The number of carbonyl (C=O) groups excluding carboxylic acids is 1. The average molecular weight is 357 g/mol. The van der Waals surface area contributed by atoms with Crippen LogP contribution in [0, 0.1) is 20.8 Å². The molecular formula is C20H27N3O3. The number of rotatable bonds is 5. The summed E-state index contributed by atoms with van der Waals surface area (Å²) in [5, 5.41) is 4.18. The summed E-state index contributed by atoms with van der Waals surface area (Å²) in [6.45, 7) is 7.81. The number of aromatic nitrogens is 2. The van der Waals surface area contributed by atoms with E-state index in [0.29, 0.717) is 24.9 Å². The van der Waals surface area contributed by atoms with E-state index in [4.69, 9.17) is 9.26 Å². The van der Waals surface area contributed by atoms with Crippen LogP contribution in [-0.4, -0.2) is 47.8 Å². The van der Waals surface area contributed by atoms with E-state index in [2.05, 4.69) is 17.1 Å². The molecule has 1 amide bonds. The lowest BCUT2D eigenvalue weighted by Crippen LogP contribution is -2.49. The van der Waals surface area contributed by atoms with Crippen molar-refractivity contribution in [3.8, 4) is 0 Å². The van der Waals surface area contributed by atoms with Gasteiger partial charge in [0.2, 0.25) is 5.89 Å². The predicted molar refractivity (Wildman–Crippen MR) is 98.3 cm³/mol. The van der Waals surface area contributed by atoms with Crippen molar-refractivity contribution in [2.45, 2.75) is 45.4 Å². The van der Waals surface area contributed by atoms with Crippen molar-refractivity contribution in [1.82, 2.24) is 15.0 Å². The molecule has 0 N–H and O–H groups in total. The van der Waals surface area contributed by atoms with E-state index >= 15 is 0 Å². The Morgan fingerprint density at radius 3 is 2.77 bits per heavy atom. The number of aryl methyl sites for hydroxylation is 3. The highest BCUT2D eigenvalue weighted by atomic mass is 16.5. The second kappa shape index (κ2) is 7.58. The number of hydrogen-bond donors (Lipinski definition) is 0. The first kappa shape index (κ1) is 18.6. The largest absolute Gasteiger partial charge is 0.385 e. The number of likely N-dealkylation sites (tertiary alicyclic amines) is 1. The number of carbonyl (C=O) groups is 1. The number of methoxy groups -OCH3 is 1. The number of amides is 1. The van der Waals surface area contributed by atoms with Gasteiger partial charge in [-0.1, -0.05) is 11.2 Å². The minimum absolute atomic E-state index is 0.0646. The zero-order chi connectivity index (χ0) is 18.7. The average Bonchev–Trinajstić information content (AvgIpc) is 3.09. The van der Waals surface area contributed by atoms with Crippen LogP contribution >= 0.6 is 0 Å². The van der Waals surface area contributed by atoms with Gasteiger partial charge in [-0.3, -0.25) is 4.79 Å². The van der Waals surface area contributed by atoms with Gasteiger partial charge >= 0.3 is 0 Å². The van der Waals surface area contributed by atoms with Crippen molar-refractivity contribution in [2.24, 2.45) is 0 Å². The molecule has 1 aliphatic heterocycles. The molecule has 2 heterocycles. The minimum atomic E-state index is -0.318. The molecule has 1 fully saturated rings. The normalized spacial score (nSPS) is 20.4. The molecular weight excluding hydrogens is 330 g/mol. The number of piperidine rings is 1. The summed E-state index contributed by atoms with van der Waals surface area (Å²) >= 11 is 0. The quantitative estimate of drug-likeness (QED) is 0.822. The van der Waals surface area contributed by atoms with Crippen molar-refractivity contribution in [2.75, 3.05) is 26.8 Å². The second-order valence-electron chi connectivity index (χ2n) is 7.29. The zero-order valence-electron chi connectivity index (χ0n) is 16.0. The van der Waals surface area contributed by atoms with Gasteiger partial charge in [0.1, 0.15) is 0 Å². The smallest absolute Gasteiger partial charge is 0.253 e. The van der Waals surface area contributed by atoms with Crippen molar-refractivity contribution in [3.63, 3.8) is 0 Å². The van der Waals surface area contributed by atoms with Gasteiger partial charge in [0.15, 0.2) is 5.82 Å². The van der Waals surface area contributed by atoms with Crippen LogP contribution in [0.25, 0.3) is 0 Å². The number of benzene rings is 1. The molecule has 140 valence electrons. The molecule has 0 spiro atoms. The lowest BCUT2D eigenvalue weighted by molar-refractivity contribution is 0.0567. The van der Waals surface area contributed by atoms with Gasteiger partial charge in [0.25, 0.3) is 5.91 Å². The molecule has 0 aliphatic carbocycles. The standard InChI is InChI=1S/C20H27N3O3/c1-14-6-7-17(12-15(14)2)18(24)23-10-5-8-20(13-23,9-11-25-4)19-21-16(3)26-22-19/h6-7,12H,5,8-11,13H2,1-4H3. The number of ether oxygens (including phenoxy) is 1. The lowest BCUT2D eigenvalue weighted by Gasteiger charge is -2.41. The molecule has 1 aromatic heterocycles. The number of nitrogens with zero attached hydrogens (tertiary/aromatic N) is 3. The van der Waals surface area contributed by atoms with Crippen molar-refractivity contribution in [1.29, 1.82) is 0 Å². The molecule has 3 rings (SSSR count). The molecule has 1 aliphatic rings. The SMILES string of the molecule is COCCC1(c2noc(C)n2)CCCN(C(=O)c2ccc(C)c(C)c2)C1. The van der Waals surface area contributed by atoms with E-state index in [-0.39, 0.29) is 11.3 Å². The van der Waals surface area contributed by atoms with Crippen LogP contribution in [-0.2, 0) is 10.2 Å². The molecule has 0 saturated carbocycles. The molecule has 1 atom stereocenters. The van der Waals surface area contributed by atoms with Gasteiger partial charge in [-0.15, -0.1) is 0 Å². The van der Waals surface area contributed by atoms with Gasteiger partial charge in [-0.25, -0.2) is 0 Å². The second-order valence-corrected chi connectivity index (χ2v) is 7.29. The first-order chi connectivity index (χ1) is 12.4. The molecule has 2 aromatic rings. The van der Waals surface area contributed by atoms with E-state index in [9.17, 15) is 4.79 Å². The number of hydrogen-bond acceptors (Lipinski definition) is 5. The van der Waals surface area contributed by atoms with Crippen LogP contribution in [0.5, 0.6) is 0 Å². The van der Waals surface area contributed by atoms with E-state index in [1.54, 1.807) is 14.0 Å². The monoisotopic (exact) mass is 357 g/mol. The van der Waals surface area contributed by atoms with E-state index in [0.717, 1.165) is 36.9 Å². The Balaban J connectivity index is 1.87. The summed E-state index contributed by atoms with van der Waals surface area (Å²) in [5.41, 5.74) is 2.74. The van der Waals surface area contributed by atoms with Gasteiger partial charge < -0.3 is 14.2 Å². The fraction of sp³-hybridized carbons (Fsp3) is 0.550. The Kier molecular flexibility index (Phi) is 5.41. The summed E-state index contributed by atoms with van der Waals surface area (Å²) in [5.74, 6) is 1.30. The maximum Gasteiger partial charge on any atom is 0.253 e. The highest BCUT2D eigenvalue weighted by Crippen LogP contribution is 2.36. The van der Waals surface area contributed by atoms with Crippen molar-refractivity contribution < 1.29 is 14.1 Å². The van der Waals surface area contributed by atoms with Crippen LogP contribution in [0.3, 0.4) is 0 Å². The minimum Gasteiger partial charge on any atom is -0.385 e. The lowest BCUT2D eigenvalue weighted by atomic mass is 9.76. The Bertz CT molecular complexity index is 786. The van der Waals surface area contributed by atoms with Crippen LogP contribution in [0.1, 0.15) is 52.5 Å². The summed E-state index contributed by atoms with van der Waals surface area (Å²) in [6.07, 6.45) is 2.60. The highest BCUT2D eigenvalue weighted by molar-refractivity contribution is 5.94. The molecule has 1 aromatic carbocycles. The van der Waals surface area contributed by atoms with E-state index in [1.807, 2.05) is 30.0 Å². The summed E-state index contributed by atoms with van der Waals surface area (Å²) in [4.78, 5) is 19.5. The molecule has 1 saturated heterocycles. The van der Waals surface area contributed by atoms with Gasteiger partial charge in [-0.2, -0.15) is 4.98 Å². The van der Waals surface area contributed by atoms with E-state index in [1.165, 1.54) is 5.56 Å². The van der Waals surface area contributed by atoms with Crippen LogP contribution in [0.4, 0.5) is 0 Å². The summed E-state index contributed by atoms with van der Waals surface area (Å²) < 4.78 is 10.5. The van der Waals surface area contributed by atoms with Gasteiger partial charge in [-0.05, 0) is 56.4 Å². The Hall–Kier alpha value is -2.21. The fourth-order valence-electron chi connectivity index (χ4n) is 3.67. The Labute approximate surface area is 154 Å². The predicted octanol–water partition coefficient (Wildman–Crippen LogP) is 3.21.